The molecule has 1 unspecified atom stereocenters. The summed E-state index contributed by atoms with van der Waals surface area (Å²) < 4.78 is 14.3. The zero-order chi connectivity index (χ0) is 20.5. The Kier molecular flexibility index (Phi) is 7.14. The average Bonchev–Trinajstić information content (AvgIpc) is 3.35. The molecule has 1 N–H and O–H groups in total. The summed E-state index contributed by atoms with van der Waals surface area (Å²) in [6, 6.07) is 8.59. The molecule has 0 bridgehead atoms. The maximum Gasteiger partial charge on any atom is 0.494 e. The number of hydrogen-bond acceptors (Lipinski definition) is 6. The Morgan fingerprint density at radius 1 is 1.14 bits per heavy atom. The normalized spacial score (nSPS) is 23.5. The average molecular weight is 531 g/mol. The third-order valence-corrected chi connectivity index (χ3v) is 6.36. The summed E-state index contributed by atoms with van der Waals surface area (Å²) in [6.07, 6.45) is 4.16. The molecule has 5 nitrogen and oxygen atoms in total. The molecule has 2 aliphatic rings. The van der Waals surface area contributed by atoms with Crippen molar-refractivity contribution >= 4 is 56.4 Å². The van der Waals surface area contributed by atoms with Gasteiger partial charge in [-0.2, -0.15) is 0 Å². The van der Waals surface area contributed by atoms with Crippen LogP contribution in [0.1, 0.15) is 52.4 Å². The molecule has 4 rings (SSSR count). The van der Waals surface area contributed by atoms with Crippen LogP contribution in [-0.4, -0.2) is 39.1 Å². The predicted molar refractivity (Wildman–Crippen MR) is 130 cm³/mol. The Balaban J connectivity index is 0.00000109. The highest BCUT2D eigenvalue weighted by molar-refractivity contribution is 14.2. The first kappa shape index (κ1) is 22.5. The van der Waals surface area contributed by atoms with Gasteiger partial charge in [-0.05, 0) is 72.8 Å². The molecular formula is C19H27BIN3O2S2. The molecule has 2 aliphatic heterocycles. The van der Waals surface area contributed by atoms with E-state index in [9.17, 15) is 0 Å². The number of nitrogens with zero attached hydrogens (tertiary/aromatic N) is 2. The van der Waals surface area contributed by atoms with E-state index in [-0.39, 0.29) is 24.4 Å². The van der Waals surface area contributed by atoms with Crippen LogP contribution in [-0.2, 0) is 9.31 Å². The van der Waals surface area contributed by atoms with Crippen molar-refractivity contribution in [3.63, 3.8) is 0 Å². The van der Waals surface area contributed by atoms with Crippen molar-refractivity contribution in [3.05, 3.63) is 36.3 Å². The van der Waals surface area contributed by atoms with Gasteiger partial charge in [-0.1, -0.05) is 37.1 Å². The fraction of sp³-hybridized carbons (Fsp3) is 0.526. The van der Waals surface area contributed by atoms with Crippen LogP contribution in [0.3, 0.4) is 0 Å². The van der Waals surface area contributed by atoms with Crippen molar-refractivity contribution < 1.29 is 9.31 Å². The second-order valence-corrected chi connectivity index (χ2v) is 8.73. The van der Waals surface area contributed by atoms with E-state index in [0.29, 0.717) is 0 Å². The highest BCUT2D eigenvalue weighted by Crippen LogP contribution is 2.36. The van der Waals surface area contributed by atoms with E-state index in [1.807, 2.05) is 27.4 Å². The van der Waals surface area contributed by atoms with Crippen LogP contribution in [0.25, 0.3) is 11.3 Å². The van der Waals surface area contributed by atoms with Gasteiger partial charge in [0.2, 0.25) is 0 Å². The number of H-pyrrole nitrogens is 1. The third-order valence-electron chi connectivity index (χ3n) is 5.88. The van der Waals surface area contributed by atoms with Crippen LogP contribution < -0.4 is 5.46 Å². The number of hydrogen-bond donors (Lipinski definition) is 3. The molecule has 2 saturated heterocycles. The van der Waals surface area contributed by atoms with Gasteiger partial charge in [0, 0.05) is 6.54 Å². The van der Waals surface area contributed by atoms with Crippen LogP contribution >= 0.6 is 43.8 Å². The number of imidazole rings is 1. The molecule has 3 heterocycles. The minimum Gasteiger partial charge on any atom is -0.399 e. The van der Waals surface area contributed by atoms with E-state index in [2.05, 4.69) is 88.8 Å². The van der Waals surface area contributed by atoms with Crippen molar-refractivity contribution in [1.82, 2.24) is 14.3 Å². The van der Waals surface area contributed by atoms with E-state index in [0.717, 1.165) is 41.9 Å². The summed E-state index contributed by atoms with van der Waals surface area (Å²) in [5.74, 6) is 0.988. The lowest BCUT2D eigenvalue weighted by atomic mass is 9.79. The highest BCUT2D eigenvalue weighted by atomic mass is 127. The second kappa shape index (κ2) is 8.89. The molecular weight excluding hydrogens is 504 g/mol. The fourth-order valence-corrected chi connectivity index (χ4v) is 3.85. The van der Waals surface area contributed by atoms with Gasteiger partial charge in [-0.25, -0.2) is 9.29 Å². The molecule has 28 heavy (non-hydrogen) atoms. The van der Waals surface area contributed by atoms with Crippen molar-refractivity contribution in [2.45, 2.75) is 57.8 Å². The number of halogens is 1. The standard InChI is InChI=1S/C19H26BN3O2S.HIS/c1-18(2)19(3,4)25-20(24-18)14-9-7-13(8-10-14)15-12-21-17(22-15)16-6-5-11-23(16)26;1-2/h7-10,12,16,26H,5-6,11H2,1-4H3,(H,21,22);2H. The molecule has 1 aromatic carbocycles. The van der Waals surface area contributed by atoms with E-state index in [1.165, 1.54) is 0 Å². The van der Waals surface area contributed by atoms with Crippen molar-refractivity contribution in [1.29, 1.82) is 0 Å². The summed E-state index contributed by atoms with van der Waals surface area (Å²) in [7, 11) is 3.17. The van der Waals surface area contributed by atoms with Gasteiger partial charge in [-0.3, -0.25) is 0 Å². The Morgan fingerprint density at radius 2 is 1.75 bits per heavy atom. The van der Waals surface area contributed by atoms with E-state index < -0.39 is 0 Å². The first-order chi connectivity index (χ1) is 13.3. The van der Waals surface area contributed by atoms with Crippen molar-refractivity contribution in [2.24, 2.45) is 0 Å². The minimum absolute atomic E-state index is 0.274. The molecule has 0 aliphatic carbocycles. The van der Waals surface area contributed by atoms with Gasteiger partial charge < -0.3 is 14.3 Å². The molecule has 0 spiro atoms. The highest BCUT2D eigenvalue weighted by Gasteiger charge is 2.51. The molecule has 152 valence electrons. The van der Waals surface area contributed by atoms with Crippen molar-refractivity contribution in [2.75, 3.05) is 6.54 Å². The quantitative estimate of drug-likeness (QED) is 0.308. The topological polar surface area (TPSA) is 50.4 Å². The predicted octanol–water partition coefficient (Wildman–Crippen LogP) is 4.62. The monoisotopic (exact) mass is 531 g/mol. The molecule has 2 fully saturated rings. The van der Waals surface area contributed by atoms with Crippen LogP contribution in [0.15, 0.2) is 30.5 Å². The summed E-state index contributed by atoms with van der Waals surface area (Å²) in [5, 5.41) is 0. The Hall–Kier alpha value is -0.195. The number of rotatable bonds is 3. The molecule has 0 saturated carbocycles. The lowest BCUT2D eigenvalue weighted by molar-refractivity contribution is 0.00578. The maximum absolute atomic E-state index is 6.12. The van der Waals surface area contributed by atoms with Crippen LogP contribution in [0.4, 0.5) is 0 Å². The number of nitrogens with one attached hydrogen (secondary N) is 1. The first-order valence-corrected chi connectivity index (χ1v) is 13.0. The Bertz CT molecular complexity index is 785. The van der Waals surface area contributed by atoms with Gasteiger partial charge in [0.25, 0.3) is 0 Å². The number of thiol groups is 2. The lowest BCUT2D eigenvalue weighted by Crippen LogP contribution is -2.41. The van der Waals surface area contributed by atoms with Gasteiger partial charge in [-0.15, -0.1) is 9.80 Å². The van der Waals surface area contributed by atoms with Gasteiger partial charge in [0.1, 0.15) is 5.82 Å². The maximum atomic E-state index is 6.12. The van der Waals surface area contributed by atoms with Crippen LogP contribution in [0.2, 0.25) is 0 Å². The van der Waals surface area contributed by atoms with Gasteiger partial charge in [0.15, 0.2) is 0 Å². The minimum atomic E-state index is -0.331. The lowest BCUT2D eigenvalue weighted by Gasteiger charge is -2.32. The van der Waals surface area contributed by atoms with E-state index >= 15 is 0 Å². The van der Waals surface area contributed by atoms with Crippen LogP contribution in [0, 0.1) is 0 Å². The Morgan fingerprint density at radius 3 is 2.29 bits per heavy atom. The molecule has 9 heteroatoms. The fourth-order valence-electron chi connectivity index (χ4n) is 3.48. The summed E-state index contributed by atoms with van der Waals surface area (Å²) in [5.41, 5.74) is 2.51. The van der Waals surface area contributed by atoms with Gasteiger partial charge >= 0.3 is 7.12 Å². The third kappa shape index (κ3) is 4.44. The van der Waals surface area contributed by atoms with Gasteiger partial charge in [0.05, 0.1) is 29.1 Å². The second-order valence-electron chi connectivity index (χ2n) is 8.21. The first-order valence-electron chi connectivity index (χ1n) is 9.40. The number of aromatic nitrogens is 2. The molecule has 2 aromatic rings. The number of aromatic amines is 1. The zero-order valence-corrected chi connectivity index (χ0v) is 20.6. The van der Waals surface area contributed by atoms with Crippen LogP contribution in [0.5, 0.6) is 0 Å². The largest absolute Gasteiger partial charge is 0.494 e. The summed E-state index contributed by atoms with van der Waals surface area (Å²) in [6.45, 7) is 9.29. The summed E-state index contributed by atoms with van der Waals surface area (Å²) >= 11 is 6.38. The molecule has 0 amide bonds. The smallest absolute Gasteiger partial charge is 0.399 e. The van der Waals surface area contributed by atoms with Crippen molar-refractivity contribution in [3.8, 4) is 11.3 Å². The SMILES string of the molecule is CC1(C)OB(c2ccc(-c3cnc(C4CCCN4S)[nH]3)cc2)OC1(C)C.SI. The molecule has 1 atom stereocenters. The number of benzene rings is 1. The molecule has 1 aromatic heterocycles. The van der Waals surface area contributed by atoms with E-state index in [4.69, 9.17) is 9.31 Å². The Labute approximate surface area is 191 Å². The summed E-state index contributed by atoms with van der Waals surface area (Å²) in [4.78, 5) is 8.02. The van der Waals surface area contributed by atoms with E-state index in [1.54, 1.807) is 0 Å². The molecule has 0 radical (unpaired) electrons. The zero-order valence-electron chi connectivity index (χ0n) is 16.6.